The van der Waals surface area contributed by atoms with Crippen LogP contribution >= 0.6 is 0 Å². The molecule has 2 fully saturated rings. The van der Waals surface area contributed by atoms with Gasteiger partial charge in [-0.25, -0.2) is 13.2 Å². The van der Waals surface area contributed by atoms with Crippen LogP contribution in [0, 0.1) is 6.92 Å². The summed E-state index contributed by atoms with van der Waals surface area (Å²) in [6.45, 7) is 3.60. The molecule has 1 unspecified atom stereocenters. The molecule has 1 amide bonds. The molecule has 0 aliphatic carbocycles. The first-order chi connectivity index (χ1) is 18.0. The predicted molar refractivity (Wildman–Crippen MR) is 129 cm³/mol. The summed E-state index contributed by atoms with van der Waals surface area (Å²) in [5.41, 5.74) is 0.507. The molecule has 0 N–H and O–H groups in total. The lowest BCUT2D eigenvalue weighted by Crippen LogP contribution is -2.50. The molecule has 0 bridgehead atoms. The van der Waals surface area contributed by atoms with Gasteiger partial charge in [0.05, 0.1) is 17.0 Å². The summed E-state index contributed by atoms with van der Waals surface area (Å²) < 4.78 is 76.0. The number of carbonyl (C=O) groups is 1. The van der Waals surface area contributed by atoms with Crippen LogP contribution in [0.4, 0.5) is 23.7 Å². The van der Waals surface area contributed by atoms with E-state index in [1.165, 1.54) is 9.21 Å². The van der Waals surface area contributed by atoms with Crippen molar-refractivity contribution in [3.63, 3.8) is 0 Å². The van der Waals surface area contributed by atoms with E-state index in [9.17, 15) is 26.4 Å². The van der Waals surface area contributed by atoms with E-state index in [1.807, 2.05) is 4.90 Å². The van der Waals surface area contributed by atoms with Gasteiger partial charge in [0.25, 0.3) is 0 Å². The Hall–Kier alpha value is -3.49. The number of benzene rings is 2. The van der Waals surface area contributed by atoms with E-state index in [0.29, 0.717) is 43.6 Å². The van der Waals surface area contributed by atoms with Gasteiger partial charge in [-0.05, 0) is 48.5 Å². The Kier molecular flexibility index (Phi) is 6.88. The van der Waals surface area contributed by atoms with Gasteiger partial charge in [-0.15, -0.1) is 0 Å². The molecule has 2 saturated heterocycles. The van der Waals surface area contributed by atoms with Crippen LogP contribution in [0.15, 0.2) is 57.9 Å². The first kappa shape index (κ1) is 26.1. The van der Waals surface area contributed by atoms with Crippen LogP contribution in [0.1, 0.15) is 11.5 Å². The topological polar surface area (TPSA) is 109 Å². The van der Waals surface area contributed by atoms with E-state index >= 15 is 0 Å². The van der Waals surface area contributed by atoms with E-state index in [-0.39, 0.29) is 18.0 Å². The van der Waals surface area contributed by atoms with Crippen molar-refractivity contribution < 1.29 is 35.6 Å². The molecule has 1 atom stereocenters. The molecule has 5 rings (SSSR count). The average molecular weight is 552 g/mol. The molecule has 1 aromatic heterocycles. The van der Waals surface area contributed by atoms with Crippen molar-refractivity contribution in [3.8, 4) is 11.4 Å². The van der Waals surface area contributed by atoms with Gasteiger partial charge in [0.15, 0.2) is 0 Å². The second kappa shape index (κ2) is 10.0. The summed E-state index contributed by atoms with van der Waals surface area (Å²) in [5.74, 6) is 0.906. The number of carbonyl (C=O) groups excluding carboxylic acids is 1. The second-order valence-corrected chi connectivity index (χ2v) is 11.0. The number of ether oxygens (including phenoxy) is 1. The van der Waals surface area contributed by atoms with Crippen molar-refractivity contribution in [2.45, 2.75) is 24.1 Å². The minimum absolute atomic E-state index is 0.171. The zero-order chi connectivity index (χ0) is 27.1. The van der Waals surface area contributed by atoms with Gasteiger partial charge in [0, 0.05) is 50.9 Å². The summed E-state index contributed by atoms with van der Waals surface area (Å²) in [6, 6.07) is 10.6. The number of anilines is 1. The number of nitrogens with zero attached hydrogens (tertiary/aromatic N) is 5. The summed E-state index contributed by atoms with van der Waals surface area (Å²) in [6.07, 6.45) is -5.41. The molecular weight excluding hydrogens is 527 g/mol. The Balaban J connectivity index is 1.15. The van der Waals surface area contributed by atoms with Crippen LogP contribution in [0.2, 0.25) is 0 Å². The molecule has 2 aliphatic heterocycles. The molecule has 0 saturated carbocycles. The normalized spacial score (nSPS) is 19.6. The molecule has 0 radical (unpaired) electrons. The molecule has 2 aromatic carbocycles. The zero-order valence-corrected chi connectivity index (χ0v) is 21.1. The highest BCUT2D eigenvalue weighted by Crippen LogP contribution is 2.30. The summed E-state index contributed by atoms with van der Waals surface area (Å²) >= 11 is 0. The van der Waals surface area contributed by atoms with E-state index in [1.54, 1.807) is 31.2 Å². The van der Waals surface area contributed by atoms with Gasteiger partial charge in [-0.1, -0.05) is 5.16 Å². The Morgan fingerprint density at radius 2 is 1.66 bits per heavy atom. The monoisotopic (exact) mass is 551 g/mol. The molecular formula is C24H24F3N5O5S. The average Bonchev–Trinajstić information content (AvgIpc) is 3.49. The number of sulfonamides is 1. The van der Waals surface area contributed by atoms with Crippen molar-refractivity contribution in [1.29, 1.82) is 0 Å². The maximum atomic E-state index is 12.9. The standard InChI is InChI=1S/C24H24F3N5O5S/c1-16-28-22(29-37-16)17-2-6-19(7-3-17)32-15-20(36-23(32)33)14-30-10-12-31(13-11-30)38(34,35)21-8-4-18(5-9-21)24(25,26)27/h2-9,20H,10-15H2,1H3. The number of rotatable bonds is 6. The fourth-order valence-corrected chi connectivity index (χ4v) is 5.86. The Morgan fingerprint density at radius 3 is 2.24 bits per heavy atom. The molecule has 3 aromatic rings. The highest BCUT2D eigenvalue weighted by atomic mass is 32.2. The number of alkyl halides is 3. The fourth-order valence-electron chi connectivity index (χ4n) is 4.44. The highest BCUT2D eigenvalue weighted by Gasteiger charge is 2.36. The number of hydrogen-bond acceptors (Lipinski definition) is 8. The van der Waals surface area contributed by atoms with Crippen LogP contribution in [0.5, 0.6) is 0 Å². The Morgan fingerprint density at radius 1 is 1.00 bits per heavy atom. The van der Waals surface area contributed by atoms with Gasteiger partial charge in [-0.2, -0.15) is 22.5 Å². The SMILES string of the molecule is Cc1nc(-c2ccc(N3CC(CN4CCN(S(=O)(=O)c5ccc(C(F)(F)F)cc5)CC4)OC3=O)cc2)no1. The first-order valence-corrected chi connectivity index (χ1v) is 13.2. The van der Waals surface area contributed by atoms with Gasteiger partial charge in [-0.3, -0.25) is 9.80 Å². The molecule has 2 aliphatic rings. The number of piperazine rings is 1. The molecule has 202 valence electrons. The highest BCUT2D eigenvalue weighted by molar-refractivity contribution is 7.89. The third kappa shape index (κ3) is 5.37. The largest absolute Gasteiger partial charge is 0.443 e. The third-order valence-corrected chi connectivity index (χ3v) is 8.36. The zero-order valence-electron chi connectivity index (χ0n) is 20.3. The van der Waals surface area contributed by atoms with Crippen LogP contribution in [0.25, 0.3) is 11.4 Å². The molecule has 3 heterocycles. The lowest BCUT2D eigenvalue weighted by atomic mass is 10.2. The third-order valence-electron chi connectivity index (χ3n) is 6.45. The number of aryl methyl sites for hydroxylation is 1. The number of hydrogen-bond donors (Lipinski definition) is 0. The number of halogens is 3. The summed E-state index contributed by atoms with van der Waals surface area (Å²) in [5, 5.41) is 3.88. The number of aromatic nitrogens is 2. The minimum Gasteiger partial charge on any atom is -0.443 e. The van der Waals surface area contributed by atoms with E-state index in [4.69, 9.17) is 9.26 Å². The van der Waals surface area contributed by atoms with Crippen LogP contribution in [-0.2, 0) is 20.9 Å². The van der Waals surface area contributed by atoms with Gasteiger partial charge >= 0.3 is 12.3 Å². The summed E-state index contributed by atoms with van der Waals surface area (Å²) in [7, 11) is -3.92. The maximum absolute atomic E-state index is 12.9. The van der Waals surface area contributed by atoms with E-state index in [2.05, 4.69) is 10.1 Å². The van der Waals surface area contributed by atoms with Gasteiger partial charge in [0.2, 0.25) is 21.7 Å². The van der Waals surface area contributed by atoms with Crippen molar-refractivity contribution in [1.82, 2.24) is 19.3 Å². The molecule has 10 nitrogen and oxygen atoms in total. The fraction of sp³-hybridized carbons (Fsp3) is 0.375. The van der Waals surface area contributed by atoms with E-state index in [0.717, 1.165) is 29.8 Å². The quantitative estimate of drug-likeness (QED) is 0.459. The van der Waals surface area contributed by atoms with E-state index < -0.39 is 34.0 Å². The van der Waals surface area contributed by atoms with Crippen molar-refractivity contribution in [2.24, 2.45) is 0 Å². The van der Waals surface area contributed by atoms with Crippen molar-refractivity contribution in [2.75, 3.05) is 44.2 Å². The number of amides is 1. The van der Waals surface area contributed by atoms with Gasteiger partial charge in [0.1, 0.15) is 6.10 Å². The first-order valence-electron chi connectivity index (χ1n) is 11.8. The predicted octanol–water partition coefficient (Wildman–Crippen LogP) is 3.40. The lowest BCUT2D eigenvalue weighted by molar-refractivity contribution is -0.137. The van der Waals surface area contributed by atoms with Crippen molar-refractivity contribution in [3.05, 3.63) is 60.0 Å². The van der Waals surface area contributed by atoms with Crippen LogP contribution < -0.4 is 4.90 Å². The molecule has 14 heteroatoms. The molecule has 0 spiro atoms. The summed E-state index contributed by atoms with van der Waals surface area (Å²) in [4.78, 5) is 20.0. The molecule has 38 heavy (non-hydrogen) atoms. The van der Waals surface area contributed by atoms with Gasteiger partial charge < -0.3 is 9.26 Å². The Labute approximate surface area is 216 Å². The van der Waals surface area contributed by atoms with Crippen molar-refractivity contribution >= 4 is 21.8 Å². The van der Waals surface area contributed by atoms with Crippen LogP contribution in [-0.4, -0.2) is 79.2 Å². The number of cyclic esters (lactones) is 1. The van der Waals surface area contributed by atoms with Crippen LogP contribution in [0.3, 0.4) is 0 Å². The lowest BCUT2D eigenvalue weighted by Gasteiger charge is -2.34. The smallest absolute Gasteiger partial charge is 0.416 e. The Bertz CT molecular complexity index is 1400. The second-order valence-electron chi connectivity index (χ2n) is 9.03. The minimum atomic E-state index is -4.54. The maximum Gasteiger partial charge on any atom is 0.416 e.